The van der Waals surface area contributed by atoms with Crippen LogP contribution in [-0.2, 0) is 0 Å². The summed E-state index contributed by atoms with van der Waals surface area (Å²) in [4.78, 5) is 8.86. The Kier molecular flexibility index (Phi) is 3.68. The molecule has 0 saturated heterocycles. The van der Waals surface area contributed by atoms with E-state index in [2.05, 4.69) is 22.2 Å². The second-order valence-corrected chi connectivity index (χ2v) is 6.68. The minimum absolute atomic E-state index is 0.385. The molecule has 2 heterocycles. The summed E-state index contributed by atoms with van der Waals surface area (Å²) < 4.78 is 1.15. The summed E-state index contributed by atoms with van der Waals surface area (Å²) in [5, 5.41) is 8.18. The third-order valence-corrected chi connectivity index (χ3v) is 5.02. The molecule has 1 unspecified atom stereocenters. The number of thiazole rings is 2. The van der Waals surface area contributed by atoms with E-state index in [4.69, 9.17) is 11.6 Å². The van der Waals surface area contributed by atoms with Crippen LogP contribution in [0.5, 0.6) is 0 Å². The van der Waals surface area contributed by atoms with Crippen LogP contribution in [0.15, 0.2) is 29.8 Å². The van der Waals surface area contributed by atoms with Crippen molar-refractivity contribution in [2.75, 3.05) is 11.9 Å². The molecule has 0 spiro atoms. The number of hydrogen-bond donors (Lipinski definition) is 1. The maximum Gasteiger partial charge on any atom is 0.183 e. The summed E-state index contributed by atoms with van der Waals surface area (Å²) in [7, 11) is 0. The summed E-state index contributed by atoms with van der Waals surface area (Å²) in [5.74, 6) is 0.385. The number of hydrogen-bond acceptors (Lipinski definition) is 5. The van der Waals surface area contributed by atoms with E-state index in [0.717, 1.165) is 31.9 Å². The van der Waals surface area contributed by atoms with Crippen molar-refractivity contribution in [1.82, 2.24) is 9.97 Å². The molecular weight excluding hydrogens is 298 g/mol. The SMILES string of the molecule is CC(CNc1nc2cc(Cl)ccc2s1)c1nccs1. The van der Waals surface area contributed by atoms with E-state index in [1.54, 1.807) is 22.7 Å². The Morgan fingerprint density at radius 2 is 2.32 bits per heavy atom. The lowest BCUT2D eigenvalue weighted by Gasteiger charge is -2.08. The van der Waals surface area contributed by atoms with E-state index in [-0.39, 0.29) is 0 Å². The molecule has 3 rings (SSSR count). The molecule has 19 heavy (non-hydrogen) atoms. The zero-order chi connectivity index (χ0) is 13.2. The average Bonchev–Trinajstić information content (AvgIpc) is 3.04. The highest BCUT2D eigenvalue weighted by Gasteiger charge is 2.09. The Labute approximate surface area is 124 Å². The second kappa shape index (κ2) is 5.45. The van der Waals surface area contributed by atoms with Crippen LogP contribution in [0.4, 0.5) is 5.13 Å². The van der Waals surface area contributed by atoms with E-state index in [9.17, 15) is 0 Å². The van der Waals surface area contributed by atoms with Gasteiger partial charge in [0.15, 0.2) is 5.13 Å². The highest BCUT2D eigenvalue weighted by atomic mass is 35.5. The fourth-order valence-electron chi connectivity index (χ4n) is 1.78. The molecule has 1 aromatic carbocycles. The molecule has 0 aliphatic carbocycles. The van der Waals surface area contributed by atoms with Gasteiger partial charge in [-0.15, -0.1) is 11.3 Å². The summed E-state index contributed by atoms with van der Waals surface area (Å²) in [6, 6.07) is 5.79. The van der Waals surface area contributed by atoms with Gasteiger partial charge in [0.05, 0.1) is 15.2 Å². The fourth-order valence-corrected chi connectivity index (χ4v) is 3.50. The lowest BCUT2D eigenvalue weighted by molar-refractivity contribution is 0.794. The zero-order valence-corrected chi connectivity index (χ0v) is 12.6. The second-order valence-electron chi connectivity index (χ2n) is 4.28. The van der Waals surface area contributed by atoms with E-state index >= 15 is 0 Å². The summed E-state index contributed by atoms with van der Waals surface area (Å²) >= 11 is 9.30. The topological polar surface area (TPSA) is 37.8 Å². The Morgan fingerprint density at radius 3 is 3.11 bits per heavy atom. The number of fused-ring (bicyclic) bond motifs is 1. The number of benzene rings is 1. The molecule has 98 valence electrons. The standard InChI is InChI=1S/C13H12ClN3S2/c1-8(12-15-4-5-18-12)7-16-13-17-10-6-9(14)2-3-11(10)19-13/h2-6,8H,7H2,1H3,(H,16,17). The molecule has 0 aliphatic heterocycles. The molecule has 2 aromatic heterocycles. The van der Waals surface area contributed by atoms with Crippen molar-refractivity contribution in [2.45, 2.75) is 12.8 Å². The fraction of sp³-hybridized carbons (Fsp3) is 0.231. The third kappa shape index (κ3) is 2.88. The lowest BCUT2D eigenvalue weighted by Crippen LogP contribution is -2.09. The summed E-state index contributed by atoms with van der Waals surface area (Å²) in [6.45, 7) is 3.00. The van der Waals surface area contributed by atoms with Crippen LogP contribution in [-0.4, -0.2) is 16.5 Å². The third-order valence-electron chi connectivity index (χ3n) is 2.78. The lowest BCUT2D eigenvalue weighted by atomic mass is 10.2. The van der Waals surface area contributed by atoms with Crippen LogP contribution in [0.25, 0.3) is 10.2 Å². The molecule has 1 atom stereocenters. The highest BCUT2D eigenvalue weighted by molar-refractivity contribution is 7.22. The minimum Gasteiger partial charge on any atom is -0.361 e. The van der Waals surface area contributed by atoms with Crippen molar-refractivity contribution in [3.63, 3.8) is 0 Å². The van der Waals surface area contributed by atoms with E-state index < -0.39 is 0 Å². The molecule has 1 N–H and O–H groups in total. The Balaban J connectivity index is 1.71. The van der Waals surface area contributed by atoms with Crippen LogP contribution in [0.2, 0.25) is 5.02 Å². The molecule has 6 heteroatoms. The molecule has 3 nitrogen and oxygen atoms in total. The van der Waals surface area contributed by atoms with Crippen molar-refractivity contribution >= 4 is 49.6 Å². The highest BCUT2D eigenvalue weighted by Crippen LogP contribution is 2.28. The first kappa shape index (κ1) is 12.8. The van der Waals surface area contributed by atoms with Crippen molar-refractivity contribution < 1.29 is 0 Å². The molecule has 0 amide bonds. The summed E-state index contributed by atoms with van der Waals surface area (Å²) in [5.41, 5.74) is 0.946. The smallest absolute Gasteiger partial charge is 0.183 e. The monoisotopic (exact) mass is 309 g/mol. The number of nitrogens with zero attached hydrogens (tertiary/aromatic N) is 2. The van der Waals surface area contributed by atoms with Crippen molar-refractivity contribution in [2.24, 2.45) is 0 Å². The number of nitrogens with one attached hydrogen (secondary N) is 1. The molecule has 0 bridgehead atoms. The molecule has 0 fully saturated rings. The maximum atomic E-state index is 5.96. The van der Waals surface area contributed by atoms with Gasteiger partial charge in [-0.1, -0.05) is 29.9 Å². The minimum atomic E-state index is 0.385. The molecule has 0 saturated carbocycles. The maximum absolute atomic E-state index is 5.96. The first-order valence-corrected chi connectivity index (χ1v) is 7.99. The van der Waals surface area contributed by atoms with E-state index in [1.807, 2.05) is 29.8 Å². The average molecular weight is 310 g/mol. The first-order chi connectivity index (χ1) is 9.22. The van der Waals surface area contributed by atoms with Crippen LogP contribution < -0.4 is 5.32 Å². The first-order valence-electron chi connectivity index (χ1n) is 5.92. The van der Waals surface area contributed by atoms with Gasteiger partial charge in [-0.3, -0.25) is 0 Å². The molecule has 3 aromatic rings. The van der Waals surface area contributed by atoms with Crippen molar-refractivity contribution in [3.8, 4) is 0 Å². The van der Waals surface area contributed by atoms with Crippen LogP contribution >= 0.6 is 34.3 Å². The molecule has 0 radical (unpaired) electrons. The van der Waals surface area contributed by atoms with Gasteiger partial charge in [-0.05, 0) is 18.2 Å². The molecular formula is C13H12ClN3S2. The number of halogens is 1. The van der Waals surface area contributed by atoms with E-state index in [0.29, 0.717) is 5.92 Å². The van der Waals surface area contributed by atoms with Crippen molar-refractivity contribution in [3.05, 3.63) is 39.8 Å². The van der Waals surface area contributed by atoms with Gasteiger partial charge < -0.3 is 5.32 Å². The predicted octanol–water partition coefficient (Wildman–Crippen LogP) is 4.62. The molecule has 0 aliphatic rings. The largest absolute Gasteiger partial charge is 0.361 e. The number of aromatic nitrogens is 2. The predicted molar refractivity (Wildman–Crippen MR) is 83.6 cm³/mol. The summed E-state index contributed by atoms with van der Waals surface area (Å²) in [6.07, 6.45) is 1.84. The number of rotatable bonds is 4. The van der Waals surface area contributed by atoms with Crippen LogP contribution in [0, 0.1) is 0 Å². The zero-order valence-electron chi connectivity index (χ0n) is 10.3. The van der Waals surface area contributed by atoms with Crippen LogP contribution in [0.3, 0.4) is 0 Å². The van der Waals surface area contributed by atoms with E-state index in [1.165, 1.54) is 0 Å². The van der Waals surface area contributed by atoms with Gasteiger partial charge in [0, 0.05) is 29.1 Å². The van der Waals surface area contributed by atoms with Gasteiger partial charge in [-0.2, -0.15) is 0 Å². The Hall–Kier alpha value is -1.17. The number of anilines is 1. The van der Waals surface area contributed by atoms with Gasteiger partial charge in [-0.25, -0.2) is 9.97 Å². The van der Waals surface area contributed by atoms with Gasteiger partial charge in [0.25, 0.3) is 0 Å². The normalized spacial score (nSPS) is 12.7. The van der Waals surface area contributed by atoms with Crippen molar-refractivity contribution in [1.29, 1.82) is 0 Å². The quantitative estimate of drug-likeness (QED) is 0.764. The Bertz CT molecular complexity index is 678. The Morgan fingerprint density at radius 1 is 1.42 bits per heavy atom. The van der Waals surface area contributed by atoms with Gasteiger partial charge in [0.1, 0.15) is 0 Å². The van der Waals surface area contributed by atoms with Crippen LogP contribution in [0.1, 0.15) is 17.8 Å². The van der Waals surface area contributed by atoms with Gasteiger partial charge in [0.2, 0.25) is 0 Å². The van der Waals surface area contributed by atoms with Gasteiger partial charge >= 0.3 is 0 Å².